The van der Waals surface area contributed by atoms with Crippen LogP contribution in [0.25, 0.3) is 16.7 Å². The number of carboxylic acid groups (broad SMARTS) is 1. The van der Waals surface area contributed by atoms with Crippen molar-refractivity contribution in [3.63, 3.8) is 0 Å². The maximum atomic E-state index is 14.0. The lowest BCUT2D eigenvalue weighted by molar-refractivity contribution is -0.148. The maximum absolute atomic E-state index is 14.0. The summed E-state index contributed by atoms with van der Waals surface area (Å²) in [6, 6.07) is 1.23. The Morgan fingerprint density at radius 1 is 1.24 bits per heavy atom. The van der Waals surface area contributed by atoms with E-state index in [2.05, 4.69) is 15.3 Å². The van der Waals surface area contributed by atoms with Gasteiger partial charge in [0.1, 0.15) is 11.5 Å². The van der Waals surface area contributed by atoms with E-state index in [0.29, 0.717) is 42.0 Å². The Bertz CT molecular complexity index is 1290. The highest BCUT2D eigenvalue weighted by Gasteiger charge is 2.48. The number of rotatable bonds is 4. The lowest BCUT2D eigenvalue weighted by atomic mass is 9.61. The van der Waals surface area contributed by atoms with Crippen LogP contribution in [0.2, 0.25) is 0 Å². The van der Waals surface area contributed by atoms with Gasteiger partial charge in [0, 0.05) is 43.1 Å². The van der Waals surface area contributed by atoms with Crippen molar-refractivity contribution in [1.82, 2.24) is 24.6 Å². The molecular weight excluding hydrogens is 439 g/mol. The van der Waals surface area contributed by atoms with Crippen LogP contribution in [0.3, 0.4) is 0 Å². The molecule has 4 aliphatic rings. The van der Waals surface area contributed by atoms with Gasteiger partial charge in [-0.15, -0.1) is 5.10 Å². The summed E-state index contributed by atoms with van der Waals surface area (Å²) in [6.07, 6.45) is 7.47. The minimum absolute atomic E-state index is 0.0112. The SMILES string of the molecule is CC(=O)N1CCc2c(c(N[C@H]3C4CCC(CC4)[C@@H]3C(=O)O)nn2-c2c[nH]c3ncc(F)cc23)C1. The van der Waals surface area contributed by atoms with Gasteiger partial charge in [-0.05, 0) is 43.6 Å². The lowest BCUT2D eigenvalue weighted by Gasteiger charge is -2.47. The number of nitrogens with zero attached hydrogens (tertiary/aromatic N) is 4. The number of carbonyl (C=O) groups excluding carboxylic acids is 1. The Labute approximate surface area is 195 Å². The van der Waals surface area contributed by atoms with Gasteiger partial charge >= 0.3 is 5.97 Å². The van der Waals surface area contributed by atoms with Crippen molar-refractivity contribution >= 4 is 28.7 Å². The second-order valence-electron chi connectivity index (χ2n) is 9.81. The average molecular weight is 467 g/mol. The lowest BCUT2D eigenvalue weighted by Crippen LogP contribution is -2.51. The Balaban J connectivity index is 1.45. The molecule has 34 heavy (non-hydrogen) atoms. The number of anilines is 1. The zero-order chi connectivity index (χ0) is 23.6. The number of fused-ring (bicyclic) bond motifs is 5. The van der Waals surface area contributed by atoms with E-state index in [1.165, 1.54) is 12.3 Å². The van der Waals surface area contributed by atoms with Crippen LogP contribution >= 0.6 is 0 Å². The molecule has 0 spiro atoms. The fraction of sp³-hybridized carbons (Fsp3) is 0.500. The van der Waals surface area contributed by atoms with Crippen molar-refractivity contribution in [2.45, 2.75) is 51.6 Å². The quantitative estimate of drug-likeness (QED) is 0.544. The third kappa shape index (κ3) is 3.26. The second kappa shape index (κ2) is 7.82. The van der Waals surface area contributed by atoms with Crippen molar-refractivity contribution in [2.75, 3.05) is 11.9 Å². The van der Waals surface area contributed by atoms with Crippen molar-refractivity contribution < 1.29 is 19.1 Å². The van der Waals surface area contributed by atoms with E-state index in [9.17, 15) is 19.1 Å². The van der Waals surface area contributed by atoms with Gasteiger partial charge in [-0.2, -0.15) is 0 Å². The average Bonchev–Trinajstić information content (AvgIpc) is 3.40. The van der Waals surface area contributed by atoms with E-state index in [-0.39, 0.29) is 23.8 Å². The third-order valence-electron chi connectivity index (χ3n) is 8.01. The van der Waals surface area contributed by atoms with E-state index in [1.807, 2.05) is 0 Å². The molecule has 0 unspecified atom stereocenters. The number of aromatic nitrogens is 4. The first-order chi connectivity index (χ1) is 16.4. The van der Waals surface area contributed by atoms with Crippen LogP contribution < -0.4 is 5.32 Å². The van der Waals surface area contributed by atoms with Gasteiger partial charge in [0.05, 0.1) is 30.0 Å². The third-order valence-corrected chi connectivity index (χ3v) is 8.01. The van der Waals surface area contributed by atoms with E-state index >= 15 is 0 Å². The van der Waals surface area contributed by atoms with Crippen LogP contribution in [0.5, 0.6) is 0 Å². The molecule has 0 saturated heterocycles. The van der Waals surface area contributed by atoms with Crippen molar-refractivity contribution in [1.29, 1.82) is 0 Å². The molecule has 10 heteroatoms. The highest BCUT2D eigenvalue weighted by Crippen LogP contribution is 2.47. The minimum atomic E-state index is -0.760. The highest BCUT2D eigenvalue weighted by molar-refractivity contribution is 5.85. The van der Waals surface area contributed by atoms with Crippen LogP contribution in [0.4, 0.5) is 10.2 Å². The molecule has 9 nitrogen and oxygen atoms in total. The number of aliphatic carboxylic acids is 1. The Hall–Kier alpha value is -3.43. The first kappa shape index (κ1) is 21.1. The zero-order valence-corrected chi connectivity index (χ0v) is 18.9. The molecule has 178 valence electrons. The smallest absolute Gasteiger partial charge is 0.308 e. The molecule has 1 amide bonds. The predicted octanol–water partition coefficient (Wildman–Crippen LogP) is 3.09. The molecule has 3 aliphatic carbocycles. The number of aromatic amines is 1. The number of nitrogens with one attached hydrogen (secondary N) is 2. The van der Waals surface area contributed by atoms with E-state index in [0.717, 1.165) is 36.9 Å². The summed E-state index contributed by atoms with van der Waals surface area (Å²) < 4.78 is 15.8. The van der Waals surface area contributed by atoms with Gasteiger partial charge in [-0.25, -0.2) is 14.1 Å². The summed E-state index contributed by atoms with van der Waals surface area (Å²) in [5.74, 6) is -0.583. The summed E-state index contributed by atoms with van der Waals surface area (Å²) in [7, 11) is 0. The molecule has 4 heterocycles. The van der Waals surface area contributed by atoms with Crippen LogP contribution in [-0.4, -0.2) is 54.2 Å². The first-order valence-corrected chi connectivity index (χ1v) is 11.9. The number of pyridine rings is 1. The Kier molecular flexibility index (Phi) is 4.86. The number of amides is 1. The summed E-state index contributed by atoms with van der Waals surface area (Å²) in [5.41, 5.74) is 3.08. The second-order valence-corrected chi connectivity index (χ2v) is 9.81. The monoisotopic (exact) mass is 466 g/mol. The summed E-state index contributed by atoms with van der Waals surface area (Å²) in [4.78, 5) is 33.3. The molecule has 3 aromatic heterocycles. The highest BCUT2D eigenvalue weighted by atomic mass is 19.1. The predicted molar refractivity (Wildman–Crippen MR) is 122 cm³/mol. The molecule has 2 bridgehead atoms. The van der Waals surface area contributed by atoms with E-state index in [4.69, 9.17) is 5.10 Å². The van der Waals surface area contributed by atoms with Gasteiger partial charge in [0.25, 0.3) is 0 Å². The summed E-state index contributed by atoms with van der Waals surface area (Å²) in [6.45, 7) is 2.52. The fourth-order valence-electron chi connectivity index (χ4n) is 6.31. The summed E-state index contributed by atoms with van der Waals surface area (Å²) >= 11 is 0. The maximum Gasteiger partial charge on any atom is 0.308 e. The molecule has 7 rings (SSSR count). The van der Waals surface area contributed by atoms with Gasteiger partial charge in [-0.3, -0.25) is 9.59 Å². The zero-order valence-electron chi connectivity index (χ0n) is 18.9. The van der Waals surface area contributed by atoms with Crippen molar-refractivity contribution in [3.05, 3.63) is 35.5 Å². The standard InChI is InChI=1S/C24H27FN6O3/c1-12(32)30-7-6-18-17(11-30)23(28-21-14-4-2-13(3-5-14)20(21)24(33)34)29-31(18)19-10-27-22-16(19)8-15(25)9-26-22/h8-10,13-14,20-21H,2-7,11H2,1H3,(H,26,27)(H,28,29)(H,33,34)/t13?,14?,20-,21-/m0/s1. The van der Waals surface area contributed by atoms with Gasteiger partial charge < -0.3 is 20.3 Å². The van der Waals surface area contributed by atoms with Crippen LogP contribution in [0.1, 0.15) is 43.9 Å². The fourth-order valence-corrected chi connectivity index (χ4v) is 6.31. The normalized spacial score (nSPS) is 26.0. The molecule has 3 saturated carbocycles. The molecule has 0 radical (unpaired) electrons. The van der Waals surface area contributed by atoms with Gasteiger partial charge in [-0.1, -0.05) is 0 Å². The minimum Gasteiger partial charge on any atom is -0.481 e. The number of carboxylic acids is 1. The number of H-pyrrole nitrogens is 1. The number of halogens is 1. The van der Waals surface area contributed by atoms with Gasteiger partial charge in [0.2, 0.25) is 5.91 Å². The molecule has 0 aromatic carbocycles. The topological polar surface area (TPSA) is 116 Å². The number of hydrogen-bond acceptors (Lipinski definition) is 5. The van der Waals surface area contributed by atoms with E-state index in [1.54, 1.807) is 22.7 Å². The molecular formula is C24H27FN6O3. The van der Waals surface area contributed by atoms with Crippen LogP contribution in [0.15, 0.2) is 18.5 Å². The Morgan fingerprint density at radius 2 is 2.00 bits per heavy atom. The Morgan fingerprint density at radius 3 is 2.74 bits per heavy atom. The molecule has 3 fully saturated rings. The molecule has 2 atom stereocenters. The van der Waals surface area contributed by atoms with Crippen molar-refractivity contribution in [3.8, 4) is 5.69 Å². The molecule has 3 aromatic rings. The number of hydrogen-bond donors (Lipinski definition) is 3. The van der Waals surface area contributed by atoms with Crippen LogP contribution in [0, 0.1) is 23.6 Å². The summed E-state index contributed by atoms with van der Waals surface area (Å²) in [5, 5.41) is 19.0. The first-order valence-electron chi connectivity index (χ1n) is 11.9. The molecule has 3 N–H and O–H groups in total. The van der Waals surface area contributed by atoms with Crippen molar-refractivity contribution in [2.24, 2.45) is 17.8 Å². The number of carbonyl (C=O) groups is 2. The molecule has 1 aliphatic heterocycles. The van der Waals surface area contributed by atoms with E-state index < -0.39 is 17.7 Å². The van der Waals surface area contributed by atoms with Crippen LogP contribution in [-0.2, 0) is 22.6 Å². The van der Waals surface area contributed by atoms with Gasteiger partial charge in [0.15, 0.2) is 5.82 Å². The largest absolute Gasteiger partial charge is 0.481 e.